The lowest BCUT2D eigenvalue weighted by Crippen LogP contribution is -2.54. The lowest BCUT2D eigenvalue weighted by Gasteiger charge is -2.36. The number of amides is 2. The maximum atomic E-state index is 12.5. The topological polar surface area (TPSA) is 95.9 Å². The van der Waals surface area contributed by atoms with Crippen LogP contribution in [0.15, 0.2) is 24.3 Å². The van der Waals surface area contributed by atoms with E-state index in [1.165, 1.54) is 11.9 Å². The number of hydrogen-bond donors (Lipinski definition) is 2. The molecule has 2 atom stereocenters. The van der Waals surface area contributed by atoms with Crippen LogP contribution in [-0.4, -0.2) is 54.0 Å². The van der Waals surface area contributed by atoms with Crippen LogP contribution in [0.25, 0.3) is 0 Å². The van der Waals surface area contributed by atoms with Gasteiger partial charge in [0.05, 0.1) is 5.92 Å². The van der Waals surface area contributed by atoms with E-state index in [1.807, 2.05) is 25.1 Å². The number of nitrogens with zero attached hydrogens (tertiary/aromatic N) is 1. The van der Waals surface area contributed by atoms with Crippen molar-refractivity contribution in [2.24, 2.45) is 5.92 Å². The minimum atomic E-state index is -1.06. The van der Waals surface area contributed by atoms with Gasteiger partial charge < -0.3 is 20.1 Å². The molecule has 1 aromatic carbocycles. The minimum absolute atomic E-state index is 0.0911. The van der Waals surface area contributed by atoms with Gasteiger partial charge in [0.1, 0.15) is 11.8 Å². The molecule has 1 aromatic rings. The Bertz CT molecular complexity index is 646. The number of piperidine rings is 1. The van der Waals surface area contributed by atoms with Gasteiger partial charge >= 0.3 is 5.97 Å². The van der Waals surface area contributed by atoms with Crippen molar-refractivity contribution in [3.8, 4) is 5.75 Å². The highest BCUT2D eigenvalue weighted by Gasteiger charge is 2.38. The Labute approximate surface area is 147 Å². The Morgan fingerprint density at radius 1 is 1.32 bits per heavy atom. The van der Waals surface area contributed by atoms with Crippen molar-refractivity contribution in [2.75, 3.05) is 20.2 Å². The number of nitrogens with one attached hydrogen (secondary N) is 1. The lowest BCUT2D eigenvalue weighted by molar-refractivity contribution is -0.155. The van der Waals surface area contributed by atoms with Gasteiger partial charge in [-0.15, -0.1) is 0 Å². The fourth-order valence-electron chi connectivity index (χ4n) is 3.00. The smallest absolute Gasteiger partial charge is 0.326 e. The van der Waals surface area contributed by atoms with Crippen LogP contribution in [0.4, 0.5) is 0 Å². The molecular formula is C18H24N2O5. The van der Waals surface area contributed by atoms with Crippen molar-refractivity contribution < 1.29 is 24.2 Å². The van der Waals surface area contributed by atoms with Crippen LogP contribution in [0, 0.1) is 5.92 Å². The van der Waals surface area contributed by atoms with E-state index < -0.39 is 23.8 Å². The van der Waals surface area contributed by atoms with Gasteiger partial charge in [0.15, 0.2) is 6.61 Å². The van der Waals surface area contributed by atoms with E-state index in [0.29, 0.717) is 12.2 Å². The van der Waals surface area contributed by atoms with Crippen molar-refractivity contribution in [1.29, 1.82) is 0 Å². The molecule has 2 rings (SSSR count). The Balaban J connectivity index is 2.04. The summed E-state index contributed by atoms with van der Waals surface area (Å²) in [6, 6.07) is 6.50. The number of likely N-dealkylation sites (tertiary alicyclic amines) is 1. The number of hydrogen-bond acceptors (Lipinski definition) is 4. The summed E-state index contributed by atoms with van der Waals surface area (Å²) in [5.74, 6) is -1.50. The fraction of sp³-hybridized carbons (Fsp3) is 0.500. The molecule has 7 heteroatoms. The second-order valence-electron chi connectivity index (χ2n) is 6.08. The summed E-state index contributed by atoms with van der Waals surface area (Å²) < 4.78 is 5.53. The number of carbonyl (C=O) groups excluding carboxylic acids is 2. The van der Waals surface area contributed by atoms with Crippen molar-refractivity contribution >= 4 is 17.8 Å². The molecule has 0 aromatic heterocycles. The second-order valence-corrected chi connectivity index (χ2v) is 6.08. The molecule has 1 heterocycles. The van der Waals surface area contributed by atoms with Gasteiger partial charge in [0.2, 0.25) is 5.91 Å². The first-order valence-corrected chi connectivity index (χ1v) is 8.41. The van der Waals surface area contributed by atoms with Crippen molar-refractivity contribution in [3.05, 3.63) is 29.8 Å². The molecule has 0 saturated carbocycles. The van der Waals surface area contributed by atoms with Gasteiger partial charge in [0, 0.05) is 13.6 Å². The van der Waals surface area contributed by atoms with Crippen molar-refractivity contribution in [1.82, 2.24) is 10.2 Å². The first kappa shape index (κ1) is 18.8. The zero-order chi connectivity index (χ0) is 18.4. The lowest BCUT2D eigenvalue weighted by atomic mass is 9.92. The highest BCUT2D eigenvalue weighted by Crippen LogP contribution is 2.23. The summed E-state index contributed by atoms with van der Waals surface area (Å²) in [7, 11) is 1.53. The Kier molecular flexibility index (Phi) is 6.38. The average molecular weight is 348 g/mol. The van der Waals surface area contributed by atoms with E-state index in [0.717, 1.165) is 12.0 Å². The quantitative estimate of drug-likeness (QED) is 0.802. The number of ether oxygens (including phenoxy) is 1. The zero-order valence-corrected chi connectivity index (χ0v) is 14.5. The van der Waals surface area contributed by atoms with E-state index >= 15 is 0 Å². The molecule has 7 nitrogen and oxygen atoms in total. The van der Waals surface area contributed by atoms with Crippen LogP contribution < -0.4 is 10.1 Å². The van der Waals surface area contributed by atoms with Gasteiger partial charge in [-0.25, -0.2) is 4.79 Å². The summed E-state index contributed by atoms with van der Waals surface area (Å²) in [4.78, 5) is 37.0. The number of benzene rings is 1. The van der Waals surface area contributed by atoms with Crippen LogP contribution in [0.3, 0.4) is 0 Å². The van der Waals surface area contributed by atoms with Gasteiger partial charge in [0.25, 0.3) is 5.91 Å². The largest absolute Gasteiger partial charge is 0.484 e. The normalized spacial score (nSPS) is 20.0. The molecule has 1 saturated heterocycles. The van der Waals surface area contributed by atoms with Crippen LogP contribution in [0.1, 0.15) is 25.3 Å². The van der Waals surface area contributed by atoms with Crippen LogP contribution in [0.5, 0.6) is 5.75 Å². The summed E-state index contributed by atoms with van der Waals surface area (Å²) in [5.41, 5.74) is 1.09. The molecule has 25 heavy (non-hydrogen) atoms. The molecule has 1 fully saturated rings. The van der Waals surface area contributed by atoms with E-state index in [-0.39, 0.29) is 25.5 Å². The third-order valence-electron chi connectivity index (χ3n) is 4.47. The molecule has 1 aliphatic rings. The molecule has 0 spiro atoms. The molecule has 0 radical (unpaired) electrons. The molecular weight excluding hydrogens is 324 g/mol. The second kappa shape index (κ2) is 8.50. The molecule has 0 aliphatic carbocycles. The predicted molar refractivity (Wildman–Crippen MR) is 91.2 cm³/mol. The summed E-state index contributed by atoms with van der Waals surface area (Å²) in [6.07, 6.45) is 1.55. The molecule has 2 N–H and O–H groups in total. The van der Waals surface area contributed by atoms with Crippen molar-refractivity contribution in [3.63, 3.8) is 0 Å². The van der Waals surface area contributed by atoms with E-state index in [1.54, 1.807) is 6.07 Å². The third-order valence-corrected chi connectivity index (χ3v) is 4.47. The standard InChI is InChI=1S/C18H24N2O5/c1-3-12-5-4-6-14(9-12)25-11-16(21)20-10-13(17(22)19-2)7-8-15(20)18(23)24/h4-6,9,13,15H,3,7-8,10-11H2,1-2H3,(H,19,22)(H,23,24)/t13-,15-/m0/s1. The maximum Gasteiger partial charge on any atom is 0.326 e. The van der Waals surface area contributed by atoms with Gasteiger partial charge in [-0.1, -0.05) is 19.1 Å². The molecule has 0 unspecified atom stereocenters. The first-order chi connectivity index (χ1) is 12.0. The van der Waals surface area contributed by atoms with E-state index in [9.17, 15) is 19.5 Å². The third kappa shape index (κ3) is 4.71. The number of aryl methyl sites for hydroxylation is 1. The summed E-state index contributed by atoms with van der Waals surface area (Å²) in [5, 5.41) is 11.9. The average Bonchev–Trinajstić information content (AvgIpc) is 2.64. The highest BCUT2D eigenvalue weighted by molar-refractivity contribution is 5.86. The van der Waals surface area contributed by atoms with Crippen LogP contribution >= 0.6 is 0 Å². The Morgan fingerprint density at radius 3 is 2.72 bits per heavy atom. The fourth-order valence-corrected chi connectivity index (χ4v) is 3.00. The minimum Gasteiger partial charge on any atom is -0.484 e. The number of rotatable bonds is 6. The molecule has 1 aliphatic heterocycles. The molecule has 0 bridgehead atoms. The summed E-state index contributed by atoms with van der Waals surface area (Å²) >= 11 is 0. The Morgan fingerprint density at radius 2 is 2.08 bits per heavy atom. The van der Waals surface area contributed by atoms with Gasteiger partial charge in [-0.2, -0.15) is 0 Å². The monoisotopic (exact) mass is 348 g/mol. The number of carboxylic acids is 1. The Hall–Kier alpha value is -2.57. The van der Waals surface area contributed by atoms with Crippen LogP contribution in [0.2, 0.25) is 0 Å². The number of carbonyl (C=O) groups is 3. The van der Waals surface area contributed by atoms with Crippen molar-refractivity contribution in [2.45, 2.75) is 32.2 Å². The zero-order valence-electron chi connectivity index (χ0n) is 14.5. The molecule has 2 amide bonds. The van der Waals surface area contributed by atoms with Gasteiger partial charge in [-0.05, 0) is 37.0 Å². The predicted octanol–water partition coefficient (Wildman–Crippen LogP) is 1.07. The number of carboxylic acid groups (broad SMARTS) is 1. The SMILES string of the molecule is CCc1cccc(OCC(=O)N2C[C@@H](C(=O)NC)CC[C@H]2C(=O)O)c1. The highest BCUT2D eigenvalue weighted by atomic mass is 16.5. The van der Waals surface area contributed by atoms with Crippen LogP contribution in [-0.2, 0) is 20.8 Å². The van der Waals surface area contributed by atoms with E-state index in [4.69, 9.17) is 4.74 Å². The maximum absolute atomic E-state index is 12.5. The first-order valence-electron chi connectivity index (χ1n) is 8.41. The summed E-state index contributed by atoms with van der Waals surface area (Å²) in [6.45, 7) is 1.86. The van der Waals surface area contributed by atoms with Gasteiger partial charge in [-0.3, -0.25) is 9.59 Å². The van der Waals surface area contributed by atoms with E-state index in [2.05, 4.69) is 5.32 Å². The molecule has 136 valence electrons. The number of aliphatic carboxylic acids is 1.